The van der Waals surface area contributed by atoms with Crippen molar-refractivity contribution >= 4 is 6.03 Å². The first-order valence-electron chi connectivity index (χ1n) is 7.62. The van der Waals surface area contributed by atoms with Gasteiger partial charge in [0.15, 0.2) is 11.5 Å². The number of amides is 2. The van der Waals surface area contributed by atoms with E-state index in [4.69, 9.17) is 9.47 Å². The minimum Gasteiger partial charge on any atom is -0.493 e. The number of rotatable bonds is 5. The van der Waals surface area contributed by atoms with E-state index in [9.17, 15) is 4.79 Å². The van der Waals surface area contributed by atoms with Gasteiger partial charge in [0, 0.05) is 6.54 Å². The largest absolute Gasteiger partial charge is 0.493 e. The quantitative estimate of drug-likeness (QED) is 0.874. The van der Waals surface area contributed by atoms with Gasteiger partial charge in [0.25, 0.3) is 0 Å². The number of urea groups is 1. The summed E-state index contributed by atoms with van der Waals surface area (Å²) in [4.78, 5) is 11.2. The van der Waals surface area contributed by atoms with E-state index in [1.165, 1.54) is 12.8 Å². The van der Waals surface area contributed by atoms with Gasteiger partial charge in [0.1, 0.15) is 0 Å². The third-order valence-corrected chi connectivity index (χ3v) is 4.15. The highest BCUT2D eigenvalue weighted by Crippen LogP contribution is 2.32. The van der Waals surface area contributed by atoms with E-state index in [2.05, 4.69) is 10.6 Å². The highest BCUT2D eigenvalue weighted by atomic mass is 16.5. The summed E-state index contributed by atoms with van der Waals surface area (Å²) in [6.07, 6.45) is 5.83. The monoisotopic (exact) mass is 290 g/mol. The Bertz CT molecular complexity index is 512. The van der Waals surface area contributed by atoms with Gasteiger partial charge in [0.05, 0.1) is 19.3 Å². The highest BCUT2D eigenvalue weighted by Gasteiger charge is 2.22. The standard InChI is InChI=1S/C16H22N2O3/c1-20-14-7-6-11(8-12-10-17-16(19)18-12)9-15(14)21-13-4-2-3-5-13/h6-7,9,12-13H,2-5,8,10H2,1H3,(H2,17,18,19)/t12-/m0/s1. The predicted molar refractivity (Wildman–Crippen MR) is 79.9 cm³/mol. The Kier molecular flexibility index (Phi) is 4.18. The topological polar surface area (TPSA) is 59.6 Å². The Hall–Kier alpha value is -1.91. The molecule has 1 heterocycles. The maximum absolute atomic E-state index is 11.2. The molecular weight excluding hydrogens is 268 g/mol. The van der Waals surface area contributed by atoms with Crippen LogP contribution in [0.15, 0.2) is 18.2 Å². The maximum Gasteiger partial charge on any atom is 0.315 e. The molecule has 0 spiro atoms. The third kappa shape index (κ3) is 3.40. The summed E-state index contributed by atoms with van der Waals surface area (Å²) in [6, 6.07) is 6.08. The molecule has 0 radical (unpaired) electrons. The lowest BCUT2D eigenvalue weighted by Crippen LogP contribution is -2.28. The van der Waals surface area contributed by atoms with E-state index in [0.29, 0.717) is 12.6 Å². The molecule has 1 saturated carbocycles. The molecule has 1 atom stereocenters. The number of hydrogen-bond acceptors (Lipinski definition) is 3. The van der Waals surface area contributed by atoms with Crippen LogP contribution < -0.4 is 20.1 Å². The van der Waals surface area contributed by atoms with Crippen LogP contribution in [-0.2, 0) is 6.42 Å². The smallest absolute Gasteiger partial charge is 0.315 e. The van der Waals surface area contributed by atoms with E-state index >= 15 is 0 Å². The Morgan fingerprint density at radius 1 is 1.24 bits per heavy atom. The first kappa shape index (κ1) is 14.0. The van der Waals surface area contributed by atoms with Gasteiger partial charge in [-0.15, -0.1) is 0 Å². The molecule has 2 amide bonds. The lowest BCUT2D eigenvalue weighted by atomic mass is 10.1. The molecule has 5 nitrogen and oxygen atoms in total. The molecule has 1 aromatic carbocycles. The molecule has 0 aromatic heterocycles. The summed E-state index contributed by atoms with van der Waals surface area (Å²) in [6.45, 7) is 0.670. The molecule has 1 aliphatic heterocycles. The average molecular weight is 290 g/mol. The summed E-state index contributed by atoms with van der Waals surface area (Å²) < 4.78 is 11.5. The molecule has 114 valence electrons. The molecule has 21 heavy (non-hydrogen) atoms. The van der Waals surface area contributed by atoms with E-state index in [0.717, 1.165) is 36.3 Å². The van der Waals surface area contributed by atoms with Crippen LogP contribution >= 0.6 is 0 Å². The zero-order chi connectivity index (χ0) is 14.7. The number of ether oxygens (including phenoxy) is 2. The van der Waals surface area contributed by atoms with Crippen LogP contribution in [0.4, 0.5) is 4.79 Å². The lowest BCUT2D eigenvalue weighted by Gasteiger charge is -2.17. The van der Waals surface area contributed by atoms with Crippen LogP contribution in [0, 0.1) is 0 Å². The Morgan fingerprint density at radius 3 is 2.71 bits per heavy atom. The van der Waals surface area contributed by atoms with Crippen molar-refractivity contribution in [3.05, 3.63) is 23.8 Å². The van der Waals surface area contributed by atoms with Gasteiger partial charge in [-0.3, -0.25) is 0 Å². The van der Waals surface area contributed by atoms with Crippen molar-refractivity contribution < 1.29 is 14.3 Å². The molecule has 3 rings (SSSR count). The number of nitrogens with one attached hydrogen (secondary N) is 2. The van der Waals surface area contributed by atoms with Crippen molar-refractivity contribution in [2.24, 2.45) is 0 Å². The second-order valence-electron chi connectivity index (χ2n) is 5.76. The van der Waals surface area contributed by atoms with E-state index in [1.54, 1.807) is 7.11 Å². The van der Waals surface area contributed by atoms with Crippen molar-refractivity contribution in [3.63, 3.8) is 0 Å². The fraction of sp³-hybridized carbons (Fsp3) is 0.562. The van der Waals surface area contributed by atoms with Crippen molar-refractivity contribution in [1.82, 2.24) is 10.6 Å². The number of benzene rings is 1. The zero-order valence-corrected chi connectivity index (χ0v) is 12.4. The van der Waals surface area contributed by atoms with Gasteiger partial charge in [0.2, 0.25) is 0 Å². The van der Waals surface area contributed by atoms with Crippen LogP contribution in [-0.4, -0.2) is 31.8 Å². The van der Waals surface area contributed by atoms with E-state index < -0.39 is 0 Å². The first-order chi connectivity index (χ1) is 10.2. The average Bonchev–Trinajstić information content (AvgIpc) is 3.11. The second-order valence-corrected chi connectivity index (χ2v) is 5.76. The van der Waals surface area contributed by atoms with E-state index in [1.807, 2.05) is 18.2 Å². The molecule has 5 heteroatoms. The van der Waals surface area contributed by atoms with Gasteiger partial charge in [-0.1, -0.05) is 6.07 Å². The van der Waals surface area contributed by atoms with Gasteiger partial charge in [-0.05, 0) is 49.8 Å². The fourth-order valence-corrected chi connectivity index (χ4v) is 3.04. The normalized spacial score (nSPS) is 22.0. The minimum absolute atomic E-state index is 0.0871. The van der Waals surface area contributed by atoms with Crippen molar-refractivity contribution in [1.29, 1.82) is 0 Å². The molecule has 2 N–H and O–H groups in total. The van der Waals surface area contributed by atoms with Crippen molar-refractivity contribution in [2.45, 2.75) is 44.2 Å². The number of hydrogen-bond donors (Lipinski definition) is 2. The number of carbonyl (C=O) groups excluding carboxylic acids is 1. The molecule has 1 aromatic rings. The van der Waals surface area contributed by atoms with Crippen LogP contribution in [0.1, 0.15) is 31.2 Å². The van der Waals surface area contributed by atoms with Crippen LogP contribution in [0.25, 0.3) is 0 Å². The summed E-state index contributed by atoms with van der Waals surface area (Å²) in [5.74, 6) is 1.60. The molecular formula is C16H22N2O3. The Labute approximate surface area is 125 Å². The number of methoxy groups -OCH3 is 1. The maximum atomic E-state index is 11.2. The molecule has 2 aliphatic rings. The molecule has 0 bridgehead atoms. The highest BCUT2D eigenvalue weighted by molar-refractivity contribution is 5.76. The van der Waals surface area contributed by atoms with Gasteiger partial charge < -0.3 is 20.1 Å². The van der Waals surface area contributed by atoms with Crippen LogP contribution in [0.3, 0.4) is 0 Å². The Balaban J connectivity index is 1.70. The summed E-state index contributed by atoms with van der Waals surface area (Å²) >= 11 is 0. The molecule has 1 saturated heterocycles. The minimum atomic E-state index is -0.0871. The van der Waals surface area contributed by atoms with E-state index in [-0.39, 0.29) is 12.1 Å². The third-order valence-electron chi connectivity index (χ3n) is 4.15. The van der Waals surface area contributed by atoms with Gasteiger partial charge in [-0.25, -0.2) is 4.79 Å². The van der Waals surface area contributed by atoms with Crippen molar-refractivity contribution in [3.8, 4) is 11.5 Å². The Morgan fingerprint density at radius 2 is 2.05 bits per heavy atom. The second kappa shape index (κ2) is 6.24. The summed E-state index contributed by atoms with van der Waals surface area (Å²) in [5.41, 5.74) is 1.15. The number of carbonyl (C=O) groups is 1. The van der Waals surface area contributed by atoms with Gasteiger partial charge in [-0.2, -0.15) is 0 Å². The molecule has 1 aliphatic carbocycles. The molecule has 0 unspecified atom stereocenters. The first-order valence-corrected chi connectivity index (χ1v) is 7.62. The molecule has 2 fully saturated rings. The van der Waals surface area contributed by atoms with Crippen molar-refractivity contribution in [2.75, 3.05) is 13.7 Å². The van der Waals surface area contributed by atoms with Crippen LogP contribution in [0.2, 0.25) is 0 Å². The zero-order valence-electron chi connectivity index (χ0n) is 12.4. The predicted octanol–water partition coefficient (Wildman–Crippen LogP) is 2.24. The SMILES string of the molecule is COc1ccc(C[C@H]2CNC(=O)N2)cc1OC1CCCC1. The van der Waals surface area contributed by atoms with Crippen LogP contribution in [0.5, 0.6) is 11.5 Å². The van der Waals surface area contributed by atoms with Gasteiger partial charge >= 0.3 is 6.03 Å². The summed E-state index contributed by atoms with van der Waals surface area (Å²) in [7, 11) is 1.66. The summed E-state index contributed by atoms with van der Waals surface area (Å²) in [5, 5.41) is 5.68. The lowest BCUT2D eigenvalue weighted by molar-refractivity contribution is 0.200. The fourth-order valence-electron chi connectivity index (χ4n) is 3.04.